The van der Waals surface area contributed by atoms with Crippen molar-refractivity contribution in [3.63, 3.8) is 0 Å². The zero-order valence-electron chi connectivity index (χ0n) is 11.1. The first-order valence-electron chi connectivity index (χ1n) is 6.09. The smallest absolute Gasteiger partial charge is 0.359 e. The molecule has 0 saturated heterocycles. The number of alkyl halides is 3. The molecule has 2 aromatic heterocycles. The lowest BCUT2D eigenvalue weighted by molar-refractivity contribution is -0.141. The standard InChI is InChI=1S/C13H12ClF3N4/c1-21(7-5-9-4-2-3-6-18-9)11-8-10(13(15,16)17)19-12(14)20-11/h2-4,6,8H,5,7H2,1H3. The van der Waals surface area contributed by atoms with E-state index in [9.17, 15) is 13.2 Å². The quantitative estimate of drug-likeness (QED) is 0.812. The Morgan fingerprint density at radius 1 is 1.24 bits per heavy atom. The minimum absolute atomic E-state index is 0.123. The van der Waals surface area contributed by atoms with E-state index in [0.717, 1.165) is 11.8 Å². The topological polar surface area (TPSA) is 41.9 Å². The normalized spacial score (nSPS) is 11.5. The molecule has 0 N–H and O–H groups in total. The summed E-state index contributed by atoms with van der Waals surface area (Å²) in [6.45, 7) is 0.460. The molecule has 0 atom stereocenters. The predicted octanol–water partition coefficient (Wildman–Crippen LogP) is 3.22. The second-order valence-corrected chi connectivity index (χ2v) is 4.71. The number of hydrogen-bond acceptors (Lipinski definition) is 4. The fourth-order valence-electron chi connectivity index (χ4n) is 1.69. The summed E-state index contributed by atoms with van der Waals surface area (Å²) in [5, 5.41) is -0.426. The molecule has 0 aliphatic carbocycles. The SMILES string of the molecule is CN(CCc1ccccn1)c1cc(C(F)(F)F)nc(Cl)n1. The van der Waals surface area contributed by atoms with E-state index in [1.807, 2.05) is 12.1 Å². The number of halogens is 4. The lowest BCUT2D eigenvalue weighted by Gasteiger charge is -2.19. The molecule has 0 saturated carbocycles. The molecular weight excluding hydrogens is 305 g/mol. The van der Waals surface area contributed by atoms with E-state index < -0.39 is 17.2 Å². The molecule has 2 rings (SSSR count). The molecule has 0 aliphatic heterocycles. The molecule has 0 fully saturated rings. The van der Waals surface area contributed by atoms with Gasteiger partial charge < -0.3 is 4.90 Å². The molecule has 0 radical (unpaired) electrons. The Balaban J connectivity index is 2.12. The lowest BCUT2D eigenvalue weighted by atomic mass is 10.2. The molecule has 0 amide bonds. The third-order valence-corrected chi connectivity index (χ3v) is 2.97. The number of anilines is 1. The van der Waals surface area contributed by atoms with Gasteiger partial charge in [-0.25, -0.2) is 9.97 Å². The molecule has 0 unspecified atom stereocenters. The van der Waals surface area contributed by atoms with E-state index in [1.165, 1.54) is 0 Å². The maximum absolute atomic E-state index is 12.7. The van der Waals surface area contributed by atoms with Crippen LogP contribution in [0.25, 0.3) is 0 Å². The average Bonchev–Trinajstić information content (AvgIpc) is 2.44. The van der Waals surface area contributed by atoms with E-state index in [4.69, 9.17) is 11.6 Å². The van der Waals surface area contributed by atoms with Gasteiger partial charge in [0, 0.05) is 38.0 Å². The third kappa shape index (κ3) is 4.29. The number of pyridine rings is 1. The van der Waals surface area contributed by atoms with Crippen LogP contribution in [0.4, 0.5) is 19.0 Å². The van der Waals surface area contributed by atoms with Gasteiger partial charge in [-0.05, 0) is 23.7 Å². The summed E-state index contributed by atoms with van der Waals surface area (Å²) in [6.07, 6.45) is -2.30. The van der Waals surface area contributed by atoms with Crippen LogP contribution in [0.3, 0.4) is 0 Å². The molecule has 0 bridgehead atoms. The van der Waals surface area contributed by atoms with Crippen molar-refractivity contribution in [3.8, 4) is 0 Å². The molecule has 2 aromatic rings. The van der Waals surface area contributed by atoms with Gasteiger partial charge in [0.1, 0.15) is 5.82 Å². The van der Waals surface area contributed by atoms with Crippen LogP contribution in [0.5, 0.6) is 0 Å². The number of nitrogens with zero attached hydrogens (tertiary/aromatic N) is 4. The lowest BCUT2D eigenvalue weighted by Crippen LogP contribution is -2.23. The van der Waals surface area contributed by atoms with Crippen molar-refractivity contribution >= 4 is 17.4 Å². The van der Waals surface area contributed by atoms with Gasteiger partial charge in [0.25, 0.3) is 0 Å². The molecule has 0 aliphatic rings. The summed E-state index contributed by atoms with van der Waals surface area (Å²) in [5.74, 6) is 0.123. The monoisotopic (exact) mass is 316 g/mol. The molecular formula is C13H12ClF3N4. The highest BCUT2D eigenvalue weighted by Gasteiger charge is 2.33. The summed E-state index contributed by atoms with van der Waals surface area (Å²) in [7, 11) is 1.64. The van der Waals surface area contributed by atoms with Crippen LogP contribution in [0.2, 0.25) is 5.28 Å². The Bertz CT molecular complexity index is 604. The van der Waals surface area contributed by atoms with E-state index >= 15 is 0 Å². The van der Waals surface area contributed by atoms with Crippen LogP contribution in [0, 0.1) is 0 Å². The maximum Gasteiger partial charge on any atom is 0.433 e. The Labute approximate surface area is 124 Å². The first kappa shape index (κ1) is 15.5. The highest BCUT2D eigenvalue weighted by atomic mass is 35.5. The second-order valence-electron chi connectivity index (χ2n) is 4.37. The van der Waals surface area contributed by atoms with Gasteiger partial charge in [-0.15, -0.1) is 0 Å². The van der Waals surface area contributed by atoms with Crippen molar-refractivity contribution in [1.82, 2.24) is 15.0 Å². The van der Waals surface area contributed by atoms with Crippen LogP contribution >= 0.6 is 11.6 Å². The van der Waals surface area contributed by atoms with Crippen LogP contribution in [0.1, 0.15) is 11.4 Å². The first-order chi connectivity index (χ1) is 9.86. The van der Waals surface area contributed by atoms with E-state index in [0.29, 0.717) is 13.0 Å². The summed E-state index contributed by atoms with van der Waals surface area (Å²) in [4.78, 5) is 12.7. The molecule has 0 spiro atoms. The van der Waals surface area contributed by atoms with Gasteiger partial charge >= 0.3 is 6.18 Å². The van der Waals surface area contributed by atoms with Gasteiger partial charge in [-0.2, -0.15) is 13.2 Å². The minimum atomic E-state index is -4.55. The Kier molecular flexibility index (Phi) is 4.62. The zero-order valence-corrected chi connectivity index (χ0v) is 11.9. The summed E-state index contributed by atoms with van der Waals surface area (Å²) >= 11 is 5.56. The number of likely N-dealkylation sites (N-methyl/N-ethyl adjacent to an activating group) is 1. The van der Waals surface area contributed by atoms with Crippen LogP contribution in [-0.4, -0.2) is 28.5 Å². The molecule has 8 heteroatoms. The van der Waals surface area contributed by atoms with Crippen LogP contribution < -0.4 is 4.90 Å². The van der Waals surface area contributed by atoms with Crippen LogP contribution in [0.15, 0.2) is 30.5 Å². The van der Waals surface area contributed by atoms with E-state index in [-0.39, 0.29) is 5.82 Å². The molecule has 4 nitrogen and oxygen atoms in total. The number of aromatic nitrogens is 3. The van der Waals surface area contributed by atoms with Gasteiger partial charge in [0.2, 0.25) is 5.28 Å². The molecule has 21 heavy (non-hydrogen) atoms. The Hall–Kier alpha value is -1.89. The number of hydrogen-bond donors (Lipinski definition) is 0. The van der Waals surface area contributed by atoms with E-state index in [1.54, 1.807) is 24.2 Å². The van der Waals surface area contributed by atoms with Gasteiger partial charge in [0.05, 0.1) is 0 Å². The highest BCUT2D eigenvalue weighted by molar-refractivity contribution is 6.28. The fourth-order valence-corrected chi connectivity index (χ4v) is 1.87. The van der Waals surface area contributed by atoms with Crippen molar-refractivity contribution in [2.45, 2.75) is 12.6 Å². The van der Waals surface area contributed by atoms with Crippen molar-refractivity contribution < 1.29 is 13.2 Å². The van der Waals surface area contributed by atoms with Crippen molar-refractivity contribution in [2.75, 3.05) is 18.5 Å². The molecule has 2 heterocycles. The van der Waals surface area contributed by atoms with Crippen molar-refractivity contribution in [1.29, 1.82) is 0 Å². The Morgan fingerprint density at radius 3 is 2.62 bits per heavy atom. The summed E-state index contributed by atoms with van der Waals surface area (Å²) in [5.41, 5.74) is -0.206. The van der Waals surface area contributed by atoms with Crippen molar-refractivity contribution in [2.24, 2.45) is 0 Å². The second kappa shape index (κ2) is 6.26. The fraction of sp³-hybridized carbons (Fsp3) is 0.308. The van der Waals surface area contributed by atoms with E-state index in [2.05, 4.69) is 15.0 Å². The minimum Gasteiger partial charge on any atom is -0.359 e. The van der Waals surface area contributed by atoms with Gasteiger partial charge in [-0.3, -0.25) is 4.98 Å². The van der Waals surface area contributed by atoms with Crippen molar-refractivity contribution in [3.05, 3.63) is 47.1 Å². The van der Waals surface area contributed by atoms with Gasteiger partial charge in [-0.1, -0.05) is 6.07 Å². The predicted molar refractivity (Wildman–Crippen MR) is 73.3 cm³/mol. The number of rotatable bonds is 4. The maximum atomic E-state index is 12.7. The third-order valence-electron chi connectivity index (χ3n) is 2.80. The molecule has 0 aromatic carbocycles. The summed E-state index contributed by atoms with van der Waals surface area (Å²) < 4.78 is 38.1. The average molecular weight is 317 g/mol. The summed E-state index contributed by atoms with van der Waals surface area (Å²) in [6, 6.07) is 6.38. The Morgan fingerprint density at radius 2 is 2.00 bits per heavy atom. The molecule has 112 valence electrons. The highest BCUT2D eigenvalue weighted by Crippen LogP contribution is 2.30. The first-order valence-corrected chi connectivity index (χ1v) is 6.47. The zero-order chi connectivity index (χ0) is 15.5. The van der Waals surface area contributed by atoms with Gasteiger partial charge in [0.15, 0.2) is 5.69 Å². The largest absolute Gasteiger partial charge is 0.433 e. The van der Waals surface area contributed by atoms with Crippen LogP contribution in [-0.2, 0) is 12.6 Å².